The Morgan fingerprint density at radius 1 is 1.25 bits per heavy atom. The summed E-state index contributed by atoms with van der Waals surface area (Å²) >= 11 is 6.08. The van der Waals surface area contributed by atoms with Gasteiger partial charge >= 0.3 is 0 Å². The number of hydrogen-bond acceptors (Lipinski definition) is 3. The van der Waals surface area contributed by atoms with Gasteiger partial charge in [0.15, 0.2) is 0 Å². The van der Waals surface area contributed by atoms with E-state index in [2.05, 4.69) is 15.6 Å². The normalized spacial score (nSPS) is 10.2. The van der Waals surface area contributed by atoms with Crippen LogP contribution in [0.15, 0.2) is 36.5 Å². The maximum absolute atomic E-state index is 11.2. The quantitative estimate of drug-likeness (QED) is 0.889. The van der Waals surface area contributed by atoms with E-state index in [1.165, 1.54) is 0 Å². The van der Waals surface area contributed by atoms with Gasteiger partial charge in [0.25, 0.3) is 0 Å². The molecule has 2 rings (SSSR count). The van der Waals surface area contributed by atoms with Crippen LogP contribution in [0.4, 0.5) is 17.2 Å². The Labute approximate surface area is 123 Å². The smallest absolute Gasteiger partial charge is 0.225 e. The molecule has 0 radical (unpaired) electrons. The van der Waals surface area contributed by atoms with E-state index in [1.54, 1.807) is 19.2 Å². The monoisotopic (exact) mass is 289 g/mol. The first-order chi connectivity index (χ1) is 9.58. The lowest BCUT2D eigenvalue weighted by Crippen LogP contribution is -2.10. The summed E-state index contributed by atoms with van der Waals surface area (Å²) in [6.45, 7) is 3.76. The lowest BCUT2D eigenvalue weighted by molar-refractivity contribution is -0.115. The minimum absolute atomic E-state index is 0.0523. The Morgan fingerprint density at radius 2 is 2.00 bits per heavy atom. The highest BCUT2D eigenvalue weighted by Gasteiger charge is 2.02. The molecule has 1 aromatic carbocycles. The number of hydrogen-bond donors (Lipinski definition) is 2. The Hall–Kier alpha value is -2.07. The van der Waals surface area contributed by atoms with Crippen molar-refractivity contribution in [3.05, 3.63) is 47.1 Å². The molecule has 0 aliphatic carbocycles. The van der Waals surface area contributed by atoms with Crippen molar-refractivity contribution in [3.8, 4) is 0 Å². The second-order valence-corrected chi connectivity index (χ2v) is 4.83. The summed E-state index contributed by atoms with van der Waals surface area (Å²) in [4.78, 5) is 15.4. The van der Waals surface area contributed by atoms with Crippen molar-refractivity contribution in [2.24, 2.45) is 0 Å². The van der Waals surface area contributed by atoms with Gasteiger partial charge in [-0.3, -0.25) is 4.79 Å². The molecule has 1 aromatic heterocycles. The van der Waals surface area contributed by atoms with Crippen molar-refractivity contribution in [3.63, 3.8) is 0 Å². The lowest BCUT2D eigenvalue weighted by atomic mass is 10.2. The van der Waals surface area contributed by atoms with Gasteiger partial charge < -0.3 is 10.6 Å². The van der Waals surface area contributed by atoms with E-state index in [0.717, 1.165) is 22.0 Å². The first-order valence-electron chi connectivity index (χ1n) is 6.37. The number of rotatable bonds is 4. The zero-order valence-electron chi connectivity index (χ0n) is 11.4. The number of nitrogens with one attached hydrogen (secondary N) is 2. The molecule has 0 aliphatic heterocycles. The maximum Gasteiger partial charge on any atom is 0.225 e. The molecule has 4 nitrogen and oxygen atoms in total. The van der Waals surface area contributed by atoms with E-state index < -0.39 is 0 Å². The van der Waals surface area contributed by atoms with Gasteiger partial charge in [-0.2, -0.15) is 0 Å². The molecule has 2 N–H and O–H groups in total. The third kappa shape index (κ3) is 3.71. The molecular formula is C15H16ClN3O. The van der Waals surface area contributed by atoms with E-state index in [4.69, 9.17) is 11.6 Å². The highest BCUT2D eigenvalue weighted by Crippen LogP contribution is 2.23. The summed E-state index contributed by atoms with van der Waals surface area (Å²) in [5, 5.41) is 6.62. The summed E-state index contributed by atoms with van der Waals surface area (Å²) in [5.41, 5.74) is 2.76. The van der Waals surface area contributed by atoms with Crippen LogP contribution in [0.2, 0.25) is 5.02 Å². The van der Waals surface area contributed by atoms with Gasteiger partial charge in [0, 0.05) is 17.1 Å². The SMILES string of the molecule is CCC(=O)Nc1ccc(Nc2ccc(C)c(Cl)c2)cn1. The number of amides is 1. The highest BCUT2D eigenvalue weighted by atomic mass is 35.5. The lowest BCUT2D eigenvalue weighted by Gasteiger charge is -2.08. The summed E-state index contributed by atoms with van der Waals surface area (Å²) in [6.07, 6.45) is 2.10. The topological polar surface area (TPSA) is 54.0 Å². The predicted octanol–water partition coefficient (Wildman–Crippen LogP) is 4.14. The van der Waals surface area contributed by atoms with Gasteiger partial charge in [-0.1, -0.05) is 24.6 Å². The second kappa shape index (κ2) is 6.39. The Kier molecular flexibility index (Phi) is 4.58. The van der Waals surface area contributed by atoms with Gasteiger partial charge in [0.2, 0.25) is 5.91 Å². The molecule has 0 atom stereocenters. The number of halogens is 1. The number of aromatic nitrogens is 1. The van der Waals surface area contributed by atoms with E-state index in [-0.39, 0.29) is 5.91 Å². The molecule has 0 fully saturated rings. The van der Waals surface area contributed by atoms with Gasteiger partial charge in [-0.05, 0) is 36.8 Å². The average molecular weight is 290 g/mol. The van der Waals surface area contributed by atoms with Crippen LogP contribution in [-0.4, -0.2) is 10.9 Å². The van der Waals surface area contributed by atoms with Gasteiger partial charge in [0.05, 0.1) is 11.9 Å². The van der Waals surface area contributed by atoms with Crippen LogP contribution >= 0.6 is 11.6 Å². The van der Waals surface area contributed by atoms with Gasteiger partial charge in [-0.25, -0.2) is 4.98 Å². The van der Waals surface area contributed by atoms with Crippen LogP contribution in [0.25, 0.3) is 0 Å². The molecule has 5 heteroatoms. The molecule has 0 bridgehead atoms. The number of benzene rings is 1. The molecule has 0 saturated carbocycles. The minimum Gasteiger partial charge on any atom is -0.354 e. The fourth-order valence-corrected chi connectivity index (χ4v) is 1.79. The molecule has 0 aliphatic rings. The zero-order chi connectivity index (χ0) is 14.5. The highest BCUT2D eigenvalue weighted by molar-refractivity contribution is 6.31. The molecule has 0 unspecified atom stereocenters. The number of carbonyl (C=O) groups is 1. The number of nitrogens with zero attached hydrogens (tertiary/aromatic N) is 1. The first kappa shape index (κ1) is 14.3. The summed E-state index contributed by atoms with van der Waals surface area (Å²) in [5.74, 6) is 0.493. The largest absolute Gasteiger partial charge is 0.354 e. The van der Waals surface area contributed by atoms with Crippen molar-refractivity contribution >= 4 is 34.7 Å². The third-order valence-electron chi connectivity index (χ3n) is 2.81. The van der Waals surface area contributed by atoms with Crippen molar-refractivity contribution in [2.75, 3.05) is 10.6 Å². The van der Waals surface area contributed by atoms with Gasteiger partial charge in [-0.15, -0.1) is 0 Å². The molecule has 0 saturated heterocycles. The van der Waals surface area contributed by atoms with E-state index >= 15 is 0 Å². The molecule has 20 heavy (non-hydrogen) atoms. The van der Waals surface area contributed by atoms with Crippen molar-refractivity contribution in [1.82, 2.24) is 4.98 Å². The summed E-state index contributed by atoms with van der Waals surface area (Å²) < 4.78 is 0. The summed E-state index contributed by atoms with van der Waals surface area (Å²) in [7, 11) is 0. The van der Waals surface area contributed by atoms with Gasteiger partial charge in [0.1, 0.15) is 5.82 Å². The molecule has 1 amide bonds. The van der Waals surface area contributed by atoms with Crippen LogP contribution in [0.5, 0.6) is 0 Å². The fourth-order valence-electron chi connectivity index (χ4n) is 1.61. The standard InChI is InChI=1S/C15H16ClN3O/c1-3-15(20)19-14-7-6-12(9-17-14)18-11-5-4-10(2)13(16)8-11/h4-9,18H,3H2,1-2H3,(H,17,19,20). The number of pyridine rings is 1. The van der Waals surface area contributed by atoms with Crippen LogP contribution < -0.4 is 10.6 Å². The number of aryl methyl sites for hydroxylation is 1. The fraction of sp³-hybridized carbons (Fsp3) is 0.200. The number of anilines is 3. The second-order valence-electron chi connectivity index (χ2n) is 4.42. The van der Waals surface area contributed by atoms with E-state index in [9.17, 15) is 4.79 Å². The Morgan fingerprint density at radius 3 is 2.60 bits per heavy atom. The van der Waals surface area contributed by atoms with Crippen molar-refractivity contribution in [1.29, 1.82) is 0 Å². The number of carbonyl (C=O) groups excluding carboxylic acids is 1. The minimum atomic E-state index is -0.0523. The van der Waals surface area contributed by atoms with Crippen LogP contribution in [0.3, 0.4) is 0 Å². The predicted molar refractivity (Wildman–Crippen MR) is 82.6 cm³/mol. The molecule has 104 valence electrons. The maximum atomic E-state index is 11.2. The van der Waals surface area contributed by atoms with Crippen molar-refractivity contribution in [2.45, 2.75) is 20.3 Å². The molecule has 2 aromatic rings. The van der Waals surface area contributed by atoms with Crippen LogP contribution in [0, 0.1) is 6.92 Å². The Balaban J connectivity index is 2.06. The van der Waals surface area contributed by atoms with Crippen LogP contribution in [0.1, 0.15) is 18.9 Å². The summed E-state index contributed by atoms with van der Waals surface area (Å²) in [6, 6.07) is 9.38. The van der Waals surface area contributed by atoms with Crippen molar-refractivity contribution < 1.29 is 4.79 Å². The zero-order valence-corrected chi connectivity index (χ0v) is 12.2. The first-order valence-corrected chi connectivity index (χ1v) is 6.75. The van der Waals surface area contributed by atoms with E-state index in [1.807, 2.05) is 31.2 Å². The average Bonchev–Trinajstić information content (AvgIpc) is 2.45. The molecule has 1 heterocycles. The third-order valence-corrected chi connectivity index (χ3v) is 3.22. The molecular weight excluding hydrogens is 274 g/mol. The molecule has 0 spiro atoms. The van der Waals surface area contributed by atoms with Crippen LogP contribution in [-0.2, 0) is 4.79 Å². The van der Waals surface area contributed by atoms with E-state index in [0.29, 0.717) is 12.2 Å². The Bertz CT molecular complexity index is 611.